The Balaban J connectivity index is 1.67. The molecule has 1 aromatic carbocycles. The number of fused-ring (bicyclic) bond motifs is 3. The number of aryl methyl sites for hydroxylation is 2. The molecule has 0 spiro atoms. The molecule has 0 N–H and O–H groups in total. The monoisotopic (exact) mass is 496 g/mol. The van der Waals surface area contributed by atoms with Crippen molar-refractivity contribution in [2.24, 2.45) is 5.92 Å². The number of nitrogens with zero attached hydrogens (tertiary/aromatic N) is 4. The number of pyridine rings is 2. The molecule has 0 radical (unpaired) electrons. The van der Waals surface area contributed by atoms with E-state index in [-0.39, 0.29) is 6.04 Å². The largest absolute Gasteiger partial charge is 0.465 e. The summed E-state index contributed by atoms with van der Waals surface area (Å²) < 4.78 is 18.4. The Morgan fingerprint density at radius 1 is 1.08 bits per heavy atom. The van der Waals surface area contributed by atoms with Gasteiger partial charge in [0.1, 0.15) is 11.4 Å². The fourth-order valence-corrected chi connectivity index (χ4v) is 5.64. The Labute approximate surface area is 214 Å². The maximum atomic E-state index is 12.4. The highest BCUT2D eigenvalue weighted by Gasteiger charge is 2.31. The fraction of sp³-hybridized carbons (Fsp3) is 0.310. The lowest BCUT2D eigenvalue weighted by Crippen LogP contribution is -2.27. The van der Waals surface area contributed by atoms with E-state index in [1.54, 1.807) is 6.20 Å². The van der Waals surface area contributed by atoms with Gasteiger partial charge in [0.2, 0.25) is 0 Å². The Kier molecular flexibility index (Phi) is 5.96. The first-order chi connectivity index (χ1) is 18.1. The van der Waals surface area contributed by atoms with E-state index in [1.165, 1.54) is 12.7 Å². The number of benzene rings is 1. The Bertz CT molecular complexity index is 1580. The van der Waals surface area contributed by atoms with Gasteiger partial charge in [-0.05, 0) is 50.3 Å². The molecule has 5 heterocycles. The summed E-state index contributed by atoms with van der Waals surface area (Å²) in [5.74, 6) is 0.669. The molecule has 37 heavy (non-hydrogen) atoms. The van der Waals surface area contributed by atoms with Crippen LogP contribution < -0.4 is 0 Å². The topological polar surface area (TPSA) is 92.3 Å². The van der Waals surface area contributed by atoms with Crippen molar-refractivity contribution in [2.75, 3.05) is 20.3 Å². The van der Waals surface area contributed by atoms with Gasteiger partial charge < -0.3 is 18.6 Å². The molecule has 1 saturated heterocycles. The van der Waals surface area contributed by atoms with E-state index in [4.69, 9.17) is 24.0 Å². The van der Waals surface area contributed by atoms with E-state index in [9.17, 15) is 4.79 Å². The highest BCUT2D eigenvalue weighted by molar-refractivity contribution is 6.07. The zero-order valence-corrected chi connectivity index (χ0v) is 21.1. The average Bonchev–Trinajstić information content (AvgIpc) is 3.45. The molecule has 0 saturated carbocycles. The SMILES string of the molecule is COC(=O)c1cnc2c(c1)c1ncc(-c3c(C)noc3C)cc1n2C(c1ccccc1)C1CCOCC1. The molecule has 0 bridgehead atoms. The van der Waals surface area contributed by atoms with Crippen LogP contribution in [0.1, 0.15) is 46.3 Å². The van der Waals surface area contributed by atoms with Crippen LogP contribution in [0.5, 0.6) is 0 Å². The molecule has 8 heteroatoms. The number of aromatic nitrogens is 4. The van der Waals surface area contributed by atoms with Crippen LogP contribution in [0.15, 0.2) is 59.4 Å². The van der Waals surface area contributed by atoms with Gasteiger partial charge in [-0.1, -0.05) is 35.5 Å². The zero-order chi connectivity index (χ0) is 25.5. The van der Waals surface area contributed by atoms with Crippen molar-refractivity contribution < 1.29 is 18.8 Å². The van der Waals surface area contributed by atoms with Crippen molar-refractivity contribution in [1.82, 2.24) is 19.7 Å². The molecule has 0 amide bonds. The van der Waals surface area contributed by atoms with Crippen molar-refractivity contribution >= 4 is 28.0 Å². The number of hydrogen-bond donors (Lipinski definition) is 0. The highest BCUT2D eigenvalue weighted by atomic mass is 16.5. The number of rotatable bonds is 5. The van der Waals surface area contributed by atoms with Gasteiger partial charge in [0, 0.05) is 42.1 Å². The van der Waals surface area contributed by atoms with Crippen LogP contribution in [0, 0.1) is 19.8 Å². The van der Waals surface area contributed by atoms with E-state index < -0.39 is 5.97 Å². The van der Waals surface area contributed by atoms with Crippen LogP contribution in [0.3, 0.4) is 0 Å². The third-order valence-electron chi connectivity index (χ3n) is 7.35. The fourth-order valence-electron chi connectivity index (χ4n) is 5.64. The van der Waals surface area contributed by atoms with E-state index in [1.807, 2.05) is 32.2 Å². The number of carbonyl (C=O) groups is 1. The predicted molar refractivity (Wildman–Crippen MR) is 139 cm³/mol. The van der Waals surface area contributed by atoms with Crippen molar-refractivity contribution in [3.05, 3.63) is 77.4 Å². The molecule has 1 unspecified atom stereocenters. The molecule has 1 aliphatic rings. The van der Waals surface area contributed by atoms with E-state index in [0.29, 0.717) is 11.5 Å². The molecule has 6 rings (SSSR count). The van der Waals surface area contributed by atoms with Crippen LogP contribution in [0.2, 0.25) is 0 Å². The number of carbonyl (C=O) groups excluding carboxylic acids is 1. The smallest absolute Gasteiger partial charge is 0.339 e. The quantitative estimate of drug-likeness (QED) is 0.290. The van der Waals surface area contributed by atoms with Crippen LogP contribution in [-0.4, -0.2) is 46.0 Å². The molecule has 0 aliphatic carbocycles. The summed E-state index contributed by atoms with van der Waals surface area (Å²) in [5.41, 5.74) is 6.81. The first-order valence-electron chi connectivity index (χ1n) is 12.5. The molecular weight excluding hydrogens is 468 g/mol. The summed E-state index contributed by atoms with van der Waals surface area (Å²) in [7, 11) is 1.38. The Hall–Kier alpha value is -4.04. The lowest BCUT2D eigenvalue weighted by Gasteiger charge is -2.32. The van der Waals surface area contributed by atoms with Gasteiger partial charge in [0.25, 0.3) is 0 Å². The molecule has 8 nitrogen and oxygen atoms in total. The summed E-state index contributed by atoms with van der Waals surface area (Å²) in [5, 5.41) is 4.96. The van der Waals surface area contributed by atoms with Gasteiger partial charge in [-0.2, -0.15) is 0 Å². The average molecular weight is 497 g/mol. The van der Waals surface area contributed by atoms with E-state index >= 15 is 0 Å². The standard InChI is InChI=1S/C29H28N4O4/c1-17-25(18(2)37-32-17)21-14-24-26(30-15-21)23-13-22(29(34)35-3)16-31-28(23)33(24)27(19-7-5-4-6-8-19)20-9-11-36-12-10-20/h4-8,13-16,20,27H,9-12H2,1-3H3. The molecule has 1 aliphatic heterocycles. The second-order valence-corrected chi connectivity index (χ2v) is 9.55. The maximum absolute atomic E-state index is 12.4. The van der Waals surface area contributed by atoms with Crippen molar-refractivity contribution in [3.8, 4) is 11.1 Å². The van der Waals surface area contributed by atoms with Gasteiger partial charge in [-0.3, -0.25) is 4.98 Å². The third-order valence-corrected chi connectivity index (χ3v) is 7.35. The third kappa shape index (κ3) is 3.97. The first-order valence-corrected chi connectivity index (χ1v) is 12.5. The Morgan fingerprint density at radius 2 is 1.86 bits per heavy atom. The van der Waals surface area contributed by atoms with Crippen LogP contribution in [-0.2, 0) is 9.47 Å². The van der Waals surface area contributed by atoms with Crippen molar-refractivity contribution in [3.63, 3.8) is 0 Å². The number of hydrogen-bond acceptors (Lipinski definition) is 7. The van der Waals surface area contributed by atoms with Crippen LogP contribution in [0.25, 0.3) is 33.2 Å². The lowest BCUT2D eigenvalue weighted by molar-refractivity contribution is 0.0552. The van der Waals surface area contributed by atoms with Gasteiger partial charge in [0.15, 0.2) is 0 Å². The van der Waals surface area contributed by atoms with Gasteiger partial charge in [-0.25, -0.2) is 9.78 Å². The van der Waals surface area contributed by atoms with Crippen LogP contribution in [0.4, 0.5) is 0 Å². The minimum atomic E-state index is -0.424. The summed E-state index contributed by atoms with van der Waals surface area (Å²) in [6, 6.07) is 14.5. The van der Waals surface area contributed by atoms with E-state index in [0.717, 1.165) is 70.7 Å². The molecule has 4 aromatic heterocycles. The maximum Gasteiger partial charge on any atom is 0.339 e. The Morgan fingerprint density at radius 3 is 2.57 bits per heavy atom. The molecule has 1 atom stereocenters. The molecular formula is C29H28N4O4. The second-order valence-electron chi connectivity index (χ2n) is 9.55. The predicted octanol–water partition coefficient (Wildman–Crippen LogP) is 5.66. The summed E-state index contributed by atoms with van der Waals surface area (Å²) in [6.07, 6.45) is 5.32. The van der Waals surface area contributed by atoms with Gasteiger partial charge >= 0.3 is 5.97 Å². The first kappa shape index (κ1) is 23.4. The summed E-state index contributed by atoms with van der Waals surface area (Å²) >= 11 is 0. The second kappa shape index (κ2) is 9.44. The minimum Gasteiger partial charge on any atom is -0.465 e. The van der Waals surface area contributed by atoms with Crippen molar-refractivity contribution in [2.45, 2.75) is 32.7 Å². The van der Waals surface area contributed by atoms with E-state index in [2.05, 4.69) is 40.1 Å². The summed E-state index contributed by atoms with van der Waals surface area (Å²) in [4.78, 5) is 22.1. The highest BCUT2D eigenvalue weighted by Crippen LogP contribution is 2.41. The summed E-state index contributed by atoms with van der Waals surface area (Å²) in [6.45, 7) is 5.31. The minimum absolute atomic E-state index is 0.0169. The molecule has 5 aromatic rings. The van der Waals surface area contributed by atoms with Gasteiger partial charge in [-0.15, -0.1) is 0 Å². The van der Waals surface area contributed by atoms with Crippen molar-refractivity contribution in [1.29, 1.82) is 0 Å². The number of methoxy groups -OCH3 is 1. The van der Waals surface area contributed by atoms with Crippen LogP contribution >= 0.6 is 0 Å². The number of esters is 1. The molecule has 188 valence electrons. The number of ether oxygens (including phenoxy) is 2. The van der Waals surface area contributed by atoms with Gasteiger partial charge in [0.05, 0.1) is 35.4 Å². The molecule has 1 fully saturated rings. The normalized spacial score (nSPS) is 15.3. The zero-order valence-electron chi connectivity index (χ0n) is 21.1. The lowest BCUT2D eigenvalue weighted by atomic mass is 9.86.